The van der Waals surface area contributed by atoms with Crippen molar-refractivity contribution in [2.24, 2.45) is 80.8 Å². The van der Waals surface area contributed by atoms with E-state index in [1.807, 2.05) is 88.7 Å². The van der Waals surface area contributed by atoms with Crippen molar-refractivity contribution in [2.45, 2.75) is 228 Å². The second kappa shape index (κ2) is 39.7. The number of nitrogens with one attached hydrogen (secondary N) is 1. The third-order valence-corrected chi connectivity index (χ3v) is 30.8. The Labute approximate surface area is 770 Å². The normalized spacial score (nSPS) is 27.0. The molecule has 4 aromatic heterocycles. The summed E-state index contributed by atoms with van der Waals surface area (Å²) in [7, 11) is 2.65. The van der Waals surface area contributed by atoms with Gasteiger partial charge in [0.15, 0.2) is 11.6 Å². The minimum atomic E-state index is -1.03. The number of Topliss-reactive ketones (excluding diaryl/α,β-unsaturated/α-hetero) is 2. The number of piperidine rings is 1. The van der Waals surface area contributed by atoms with Gasteiger partial charge < -0.3 is 53.0 Å². The van der Waals surface area contributed by atoms with Gasteiger partial charge in [-0.1, -0.05) is 111 Å². The number of ether oxygens (including phenoxy) is 8. The fourth-order valence-corrected chi connectivity index (χ4v) is 23.1. The van der Waals surface area contributed by atoms with Gasteiger partial charge in [-0.05, 0) is 160 Å². The van der Waals surface area contributed by atoms with E-state index in [0.29, 0.717) is 139 Å². The molecule has 6 aliphatic carbocycles. The Morgan fingerprint density at radius 3 is 1.29 bits per heavy atom. The summed E-state index contributed by atoms with van der Waals surface area (Å²) in [6, 6.07) is 9.33. The maximum absolute atomic E-state index is 15.0. The molecular weight excluding hydrogens is 1710 g/mol. The molecule has 6 aromatic rings. The number of nitrogens with zero attached hydrogens (tertiary/aromatic N) is 8. The number of benzene rings is 2. The van der Waals surface area contributed by atoms with Crippen molar-refractivity contribution in [3.8, 4) is 45.8 Å². The molecule has 4 saturated heterocycles. The smallest absolute Gasteiger partial charge is 0.312 e. The quantitative estimate of drug-likeness (QED) is 0.0217. The van der Waals surface area contributed by atoms with E-state index < -0.39 is 81.7 Å². The van der Waals surface area contributed by atoms with E-state index in [1.165, 1.54) is 46.3 Å². The average molecular weight is 1840 g/mol. The summed E-state index contributed by atoms with van der Waals surface area (Å²) in [6.45, 7) is 36.6. The number of ketones is 2. The summed E-state index contributed by atoms with van der Waals surface area (Å²) in [6.07, 6.45) is 13.9. The third kappa shape index (κ3) is 21.8. The molecule has 128 heavy (non-hydrogen) atoms. The first kappa shape index (κ1) is 94.5. The number of amides is 2. The number of halogens is 2. The second-order valence-corrected chi connectivity index (χ2v) is 43.4. The van der Waals surface area contributed by atoms with Gasteiger partial charge in [0.2, 0.25) is 11.8 Å². The molecular formula is C99H129Cl2N9O16S2. The Morgan fingerprint density at radius 1 is 0.523 bits per heavy atom. The Balaban J connectivity index is 0.000000197. The molecule has 2 amide bonds. The summed E-state index contributed by atoms with van der Waals surface area (Å²) in [4.78, 5) is 140. The lowest BCUT2D eigenvalue weighted by Gasteiger charge is -2.35. The SMILES string of the molecule is C=C[C@@H]1CC1(CC(=O)[C@@H]1C[C@@H](Oc2cc(-c3csc(CC(C)C)n3)nc3c(Cl)c(OCCN4CCCCC4)ccc23)CN1C(=O)[C@@H](CC(=O)OC1C[C@@H]2C[C@@H]2C1)C(C)(C)C)C(=O)OC.C=C[C@@H]1CC1(CC(=O)[C@@H]1C[C@@H](Oc2cc(-c3csc(CC(C)C)n3)nc3c(Cl)c(OCCN4CCNCC4)ccc23)CN1C(=O)[C@@H](CC(=O)OC1C[C@@H]2C[C@@H]2C1)C(C)(C)C)C(=O)OC. The summed E-state index contributed by atoms with van der Waals surface area (Å²) >= 11 is 17.5. The van der Waals surface area contributed by atoms with Crippen LogP contribution in [-0.2, 0) is 70.1 Å². The molecule has 16 rings (SSSR count). The largest absolute Gasteiger partial charge is 0.491 e. The maximum Gasteiger partial charge on any atom is 0.312 e. The first-order chi connectivity index (χ1) is 61.1. The Bertz CT molecular complexity index is 4800. The molecule has 1 N–H and O–H groups in total. The molecule has 6 saturated carbocycles. The van der Waals surface area contributed by atoms with E-state index in [9.17, 15) is 38.4 Å². The number of carbonyl (C=O) groups excluding carboxylic acids is 8. The van der Waals surface area contributed by atoms with Gasteiger partial charge in [0.05, 0.1) is 119 Å². The first-order valence-electron chi connectivity index (χ1n) is 46.5. The second-order valence-electron chi connectivity index (χ2n) is 40.8. The first-order valence-corrected chi connectivity index (χ1v) is 49.0. The van der Waals surface area contributed by atoms with Crippen LogP contribution >= 0.6 is 45.9 Å². The van der Waals surface area contributed by atoms with Gasteiger partial charge in [0.1, 0.15) is 70.7 Å². The predicted molar refractivity (Wildman–Crippen MR) is 494 cm³/mol. The van der Waals surface area contributed by atoms with Crippen molar-refractivity contribution >= 4 is 115 Å². The minimum absolute atomic E-state index is 0.0777. The molecule has 16 atom stereocenters. The number of carbonyl (C=O) groups is 8. The monoisotopic (exact) mass is 1830 g/mol. The molecule has 2 aromatic carbocycles. The van der Waals surface area contributed by atoms with Crippen LogP contribution in [0.3, 0.4) is 0 Å². The van der Waals surface area contributed by atoms with E-state index >= 15 is 0 Å². The topological polar surface area (TPSA) is 287 Å². The molecule has 4 aliphatic heterocycles. The van der Waals surface area contributed by atoms with Crippen molar-refractivity contribution in [1.29, 1.82) is 0 Å². The van der Waals surface area contributed by atoms with Crippen LogP contribution in [0, 0.1) is 80.8 Å². The highest BCUT2D eigenvalue weighted by atomic mass is 35.5. The molecule has 10 fully saturated rings. The number of pyridine rings is 2. The number of fused-ring (bicyclic) bond motifs is 4. The Morgan fingerprint density at radius 2 is 0.922 bits per heavy atom. The number of aromatic nitrogens is 4. The number of likely N-dealkylation sites (tertiary alicyclic amines) is 3. The minimum Gasteiger partial charge on any atom is -0.491 e. The number of hydrogen-bond acceptors (Lipinski definition) is 25. The highest BCUT2D eigenvalue weighted by Gasteiger charge is 2.63. The van der Waals surface area contributed by atoms with Gasteiger partial charge in [-0.15, -0.1) is 35.8 Å². The Hall–Kier alpha value is -8.18. The zero-order valence-corrected chi connectivity index (χ0v) is 79.7. The standard InChI is InChI=1S/C50H65ClN4O8S.C49H64ClN5O8S/c1-8-32-25-50(32,48(59)60-7)26-40(56)39-22-34(27-55(39)47(58)36(49(4,5)6)23-44(57)63-33-20-30-19-31(30)21-33)62-42-24-37(38-28-64-43(52-38)18-29(2)3)53-46-35(42)12-13-41(45(46)51)61-17-16-54-14-10-9-11-15-54;1-8-31-24-49(31,47(59)60-7)25-39(56)38-21-33(26-55(38)46(58)35(48(4,5)6)22-43(57)63-32-19-29-18-30(29)20-32)62-41-23-36(37-27-64-42(52-37)17-28(2)3)53-45-34(41)9-10-40(44(45)50)61-16-15-54-13-11-51-12-14-54/h8,12-13,24,28-34,36,39H,1,9-11,14-23,25-27H2,2-7H3;8-10,23,27-33,35,38,51H,1,11-22,24-26H2,2-7H3/t30-,31+,32-,33?,34-,36-,39+,50?;29-,30+,31-,32?,33-,35-,38+,49?/m11/s1. The molecule has 25 nitrogen and oxygen atoms in total. The summed E-state index contributed by atoms with van der Waals surface area (Å²) in [5, 5.41) is 11.4. The van der Waals surface area contributed by atoms with E-state index in [0.717, 1.165) is 101 Å². The van der Waals surface area contributed by atoms with Crippen LogP contribution in [-0.4, -0.2) is 216 Å². The van der Waals surface area contributed by atoms with Crippen LogP contribution in [0.2, 0.25) is 10.0 Å². The van der Waals surface area contributed by atoms with Gasteiger partial charge in [-0.3, -0.25) is 48.2 Å². The van der Waals surface area contributed by atoms with Crippen LogP contribution in [0.4, 0.5) is 0 Å². The molecule has 29 heteroatoms. The van der Waals surface area contributed by atoms with E-state index in [4.69, 9.17) is 81.0 Å². The molecule has 0 radical (unpaired) electrons. The van der Waals surface area contributed by atoms with Crippen LogP contribution < -0.4 is 24.3 Å². The van der Waals surface area contributed by atoms with Crippen molar-refractivity contribution in [3.63, 3.8) is 0 Å². The van der Waals surface area contributed by atoms with Crippen molar-refractivity contribution in [2.75, 3.05) is 92.9 Å². The van der Waals surface area contributed by atoms with Crippen LogP contribution in [0.5, 0.6) is 23.0 Å². The van der Waals surface area contributed by atoms with E-state index in [1.54, 1.807) is 44.6 Å². The molecule has 4 unspecified atom stereocenters. The van der Waals surface area contributed by atoms with Gasteiger partial charge in [-0.25, -0.2) is 19.9 Å². The average Bonchev–Trinajstić information content (AvgIpc) is 1.58. The van der Waals surface area contributed by atoms with Crippen LogP contribution in [0.15, 0.2) is 72.5 Å². The lowest BCUT2D eigenvalue weighted by Crippen LogP contribution is -2.48. The van der Waals surface area contributed by atoms with Crippen LogP contribution in [0.1, 0.15) is 188 Å². The van der Waals surface area contributed by atoms with Gasteiger partial charge in [0, 0.05) is 111 Å². The van der Waals surface area contributed by atoms with Gasteiger partial charge in [-0.2, -0.15) is 0 Å². The van der Waals surface area contributed by atoms with E-state index in [2.05, 4.69) is 56.0 Å². The van der Waals surface area contributed by atoms with Crippen molar-refractivity contribution < 1.29 is 76.3 Å². The highest BCUT2D eigenvalue weighted by Crippen LogP contribution is 2.60. The number of allylic oxidation sites excluding steroid dienone is 2. The lowest BCUT2D eigenvalue weighted by molar-refractivity contribution is -0.157. The number of rotatable bonds is 36. The summed E-state index contributed by atoms with van der Waals surface area (Å²) < 4.78 is 48.6. The zero-order chi connectivity index (χ0) is 91.0. The summed E-state index contributed by atoms with van der Waals surface area (Å²) in [5.41, 5.74) is 0.177. The predicted octanol–water partition coefficient (Wildman–Crippen LogP) is 16.7. The zero-order valence-electron chi connectivity index (χ0n) is 76.5. The molecule has 0 bridgehead atoms. The lowest BCUT2D eigenvalue weighted by atomic mass is 9.77. The number of thiazole rings is 2. The number of methoxy groups -OCH3 is 2. The number of hydrogen-bond donors (Lipinski definition) is 1. The molecule has 8 heterocycles. The van der Waals surface area contributed by atoms with Gasteiger partial charge in [0.25, 0.3) is 0 Å². The molecule has 10 aliphatic rings. The van der Waals surface area contributed by atoms with Gasteiger partial charge >= 0.3 is 23.9 Å². The van der Waals surface area contributed by atoms with Crippen LogP contribution in [0.25, 0.3) is 44.6 Å². The fourth-order valence-electron chi connectivity index (χ4n) is 20.6. The van der Waals surface area contributed by atoms with Crippen molar-refractivity contribution in [1.82, 2.24) is 44.9 Å². The van der Waals surface area contributed by atoms with E-state index in [-0.39, 0.29) is 99.0 Å². The number of piperazine rings is 1. The number of esters is 4. The maximum atomic E-state index is 15.0. The molecule has 692 valence electrons. The summed E-state index contributed by atoms with van der Waals surface area (Å²) in [5.74, 6) is 0.558. The third-order valence-electron chi connectivity index (χ3n) is 28.3. The van der Waals surface area contributed by atoms with Crippen molar-refractivity contribution in [3.05, 3.63) is 92.5 Å². The highest BCUT2D eigenvalue weighted by molar-refractivity contribution is 7.10. The Kier molecular flexibility index (Phi) is 29.3. The fraction of sp³-hybridized carbons (Fsp3) is 0.636. The molecule has 0 spiro atoms.